The van der Waals surface area contributed by atoms with Gasteiger partial charge in [-0.05, 0) is 12.0 Å². The molecule has 0 aliphatic carbocycles. The molecule has 10 heteroatoms. The minimum atomic E-state index is -5.06. The second-order valence-corrected chi connectivity index (χ2v) is 5.21. The van der Waals surface area contributed by atoms with Crippen LogP contribution in [0.3, 0.4) is 0 Å². The van der Waals surface area contributed by atoms with Crippen molar-refractivity contribution in [2.75, 3.05) is 13.1 Å². The molecule has 1 rings (SSSR count). The maximum Gasteiger partial charge on any atom is 0.471 e. The molecule has 1 aromatic carbocycles. The third-order valence-corrected chi connectivity index (χ3v) is 3.19. The Kier molecular flexibility index (Phi) is 8.40. The van der Waals surface area contributed by atoms with Crippen LogP contribution in [0.15, 0.2) is 30.3 Å². The molecule has 0 spiro atoms. The molecule has 144 valence electrons. The number of carbonyl (C=O) groups is 3. The maximum absolute atomic E-state index is 12.2. The van der Waals surface area contributed by atoms with Crippen molar-refractivity contribution in [1.82, 2.24) is 16.0 Å². The molecule has 0 unspecified atom stereocenters. The summed E-state index contributed by atoms with van der Waals surface area (Å²) in [5.41, 5.74) is 0.808. The Morgan fingerprint density at radius 2 is 1.69 bits per heavy atom. The number of alkyl halides is 3. The summed E-state index contributed by atoms with van der Waals surface area (Å²) in [4.78, 5) is 34.1. The molecule has 0 fully saturated rings. The van der Waals surface area contributed by atoms with Crippen LogP contribution in [0.2, 0.25) is 0 Å². The lowest BCUT2D eigenvalue weighted by atomic mass is 10.2. The van der Waals surface area contributed by atoms with Crippen LogP contribution in [-0.4, -0.2) is 43.2 Å². The molecular formula is C16H20F3N3O4. The van der Waals surface area contributed by atoms with E-state index >= 15 is 0 Å². The van der Waals surface area contributed by atoms with Gasteiger partial charge in [-0.15, -0.1) is 0 Å². The van der Waals surface area contributed by atoms with Gasteiger partial charge in [0, 0.05) is 13.1 Å². The van der Waals surface area contributed by atoms with Crippen molar-refractivity contribution in [2.45, 2.75) is 32.2 Å². The number of rotatable bonds is 8. The Morgan fingerprint density at radius 1 is 1.08 bits per heavy atom. The summed E-state index contributed by atoms with van der Waals surface area (Å²) in [7, 11) is 0. The topological polar surface area (TPSA) is 96.5 Å². The molecule has 3 N–H and O–H groups in total. The highest BCUT2D eigenvalue weighted by Gasteiger charge is 2.40. The van der Waals surface area contributed by atoms with Crippen molar-refractivity contribution < 1.29 is 32.3 Å². The number of halogens is 3. The number of amides is 3. The van der Waals surface area contributed by atoms with Gasteiger partial charge in [0.05, 0.1) is 0 Å². The smallest absolute Gasteiger partial charge is 0.445 e. The van der Waals surface area contributed by atoms with Crippen LogP contribution in [0.25, 0.3) is 0 Å². The van der Waals surface area contributed by atoms with Gasteiger partial charge in [-0.25, -0.2) is 4.79 Å². The molecule has 0 saturated heterocycles. The molecule has 0 heterocycles. The zero-order valence-electron chi connectivity index (χ0n) is 14.1. The molecule has 1 atom stereocenters. The van der Waals surface area contributed by atoms with Crippen LogP contribution in [0.4, 0.5) is 18.0 Å². The maximum atomic E-state index is 12.2. The Hall–Kier alpha value is -2.78. The summed E-state index contributed by atoms with van der Waals surface area (Å²) in [5, 5.41) is 6.32. The molecule has 0 aliphatic heterocycles. The minimum absolute atomic E-state index is 0.0137. The van der Waals surface area contributed by atoms with Crippen LogP contribution in [0.1, 0.15) is 18.9 Å². The summed E-state index contributed by atoms with van der Waals surface area (Å²) in [6.45, 7) is 1.53. The highest BCUT2D eigenvalue weighted by Crippen LogP contribution is 2.14. The molecule has 3 amide bonds. The first-order valence-corrected chi connectivity index (χ1v) is 7.84. The average molecular weight is 375 g/mol. The molecule has 7 nitrogen and oxygen atoms in total. The van der Waals surface area contributed by atoms with Crippen LogP contribution < -0.4 is 16.0 Å². The average Bonchev–Trinajstić information content (AvgIpc) is 2.61. The van der Waals surface area contributed by atoms with Crippen molar-refractivity contribution in [1.29, 1.82) is 0 Å². The van der Waals surface area contributed by atoms with Crippen molar-refractivity contribution in [3.05, 3.63) is 35.9 Å². The zero-order valence-corrected chi connectivity index (χ0v) is 14.1. The molecule has 1 aromatic rings. The minimum Gasteiger partial charge on any atom is -0.445 e. The van der Waals surface area contributed by atoms with Crippen molar-refractivity contribution in [3.63, 3.8) is 0 Å². The SMILES string of the molecule is CC[C@H](NC(=O)C(F)(F)F)C(=O)NCCNC(=O)OCc1ccccc1. The number of carbonyl (C=O) groups excluding carboxylic acids is 3. The van der Waals surface area contributed by atoms with Crippen LogP contribution in [0, 0.1) is 0 Å². The quantitative estimate of drug-likeness (QED) is 0.600. The van der Waals surface area contributed by atoms with Gasteiger partial charge in [-0.3, -0.25) is 9.59 Å². The van der Waals surface area contributed by atoms with Gasteiger partial charge in [-0.1, -0.05) is 37.3 Å². The highest BCUT2D eigenvalue weighted by atomic mass is 19.4. The van der Waals surface area contributed by atoms with Crippen molar-refractivity contribution in [2.24, 2.45) is 0 Å². The van der Waals surface area contributed by atoms with E-state index in [-0.39, 0.29) is 26.1 Å². The van der Waals surface area contributed by atoms with Gasteiger partial charge in [-0.2, -0.15) is 13.2 Å². The van der Waals surface area contributed by atoms with E-state index < -0.39 is 30.1 Å². The third-order valence-electron chi connectivity index (χ3n) is 3.19. The molecule has 0 aliphatic rings. The summed E-state index contributed by atoms with van der Waals surface area (Å²) in [6, 6.07) is 7.68. The number of benzene rings is 1. The standard InChI is InChI=1S/C16H20F3N3O4/c1-2-12(22-14(24)16(17,18)19)13(23)20-8-9-21-15(25)26-10-11-6-4-3-5-7-11/h3-7,12H,2,8-10H2,1H3,(H,20,23)(H,21,25)(H,22,24)/t12-/m0/s1. The predicted molar refractivity (Wildman–Crippen MR) is 85.9 cm³/mol. The second kappa shape index (κ2) is 10.3. The number of ether oxygens (including phenoxy) is 1. The second-order valence-electron chi connectivity index (χ2n) is 5.21. The first-order chi connectivity index (χ1) is 12.2. The van der Waals surface area contributed by atoms with E-state index in [1.807, 2.05) is 6.07 Å². The first kappa shape index (κ1) is 21.3. The third kappa shape index (κ3) is 7.86. The lowest BCUT2D eigenvalue weighted by Gasteiger charge is -2.17. The Labute approximate surface area is 148 Å². The molecular weight excluding hydrogens is 355 g/mol. The first-order valence-electron chi connectivity index (χ1n) is 7.84. The molecule has 0 radical (unpaired) electrons. The van der Waals surface area contributed by atoms with E-state index in [4.69, 9.17) is 4.74 Å². The van der Waals surface area contributed by atoms with Gasteiger partial charge in [0.15, 0.2) is 0 Å². The fourth-order valence-electron chi connectivity index (χ4n) is 1.84. The van der Waals surface area contributed by atoms with Crippen molar-refractivity contribution in [3.8, 4) is 0 Å². The Bertz CT molecular complexity index is 609. The fourth-order valence-corrected chi connectivity index (χ4v) is 1.84. The van der Waals surface area contributed by atoms with E-state index in [2.05, 4.69) is 10.6 Å². The number of hydrogen-bond acceptors (Lipinski definition) is 4. The number of hydrogen-bond donors (Lipinski definition) is 3. The van der Waals surface area contributed by atoms with E-state index in [9.17, 15) is 27.6 Å². The van der Waals surface area contributed by atoms with E-state index in [1.54, 1.807) is 29.6 Å². The fraction of sp³-hybridized carbons (Fsp3) is 0.438. The lowest BCUT2D eigenvalue weighted by molar-refractivity contribution is -0.174. The monoisotopic (exact) mass is 375 g/mol. The highest BCUT2D eigenvalue weighted by molar-refractivity contribution is 5.89. The molecule has 0 bridgehead atoms. The van der Waals surface area contributed by atoms with Crippen LogP contribution in [-0.2, 0) is 20.9 Å². The van der Waals surface area contributed by atoms with Gasteiger partial charge in [0.25, 0.3) is 0 Å². The van der Waals surface area contributed by atoms with Crippen LogP contribution in [0.5, 0.6) is 0 Å². The summed E-state index contributed by atoms with van der Waals surface area (Å²) < 4.78 is 41.5. The van der Waals surface area contributed by atoms with Crippen LogP contribution >= 0.6 is 0 Å². The van der Waals surface area contributed by atoms with Gasteiger partial charge in [0.2, 0.25) is 5.91 Å². The number of alkyl carbamates (subject to hydrolysis) is 1. The Balaban J connectivity index is 2.25. The van der Waals surface area contributed by atoms with Crippen molar-refractivity contribution >= 4 is 17.9 Å². The summed E-state index contributed by atoms with van der Waals surface area (Å²) >= 11 is 0. The van der Waals surface area contributed by atoms with Gasteiger partial charge in [0.1, 0.15) is 12.6 Å². The predicted octanol–water partition coefficient (Wildman–Crippen LogP) is 1.49. The molecule has 0 saturated carbocycles. The summed E-state index contributed by atoms with van der Waals surface area (Å²) in [5.74, 6) is -2.95. The normalized spacial score (nSPS) is 12.0. The van der Waals surface area contributed by atoms with E-state index in [1.165, 1.54) is 6.92 Å². The summed E-state index contributed by atoms with van der Waals surface area (Å²) in [6.07, 6.45) is -5.77. The van der Waals surface area contributed by atoms with Gasteiger partial charge < -0.3 is 20.7 Å². The lowest BCUT2D eigenvalue weighted by Crippen LogP contribution is -2.51. The largest absolute Gasteiger partial charge is 0.471 e. The molecule has 26 heavy (non-hydrogen) atoms. The number of nitrogens with one attached hydrogen (secondary N) is 3. The zero-order chi connectivity index (χ0) is 19.6. The molecule has 0 aromatic heterocycles. The van der Waals surface area contributed by atoms with E-state index in [0.717, 1.165) is 5.56 Å². The van der Waals surface area contributed by atoms with E-state index in [0.29, 0.717) is 0 Å². The Morgan fingerprint density at radius 3 is 2.27 bits per heavy atom. The van der Waals surface area contributed by atoms with Gasteiger partial charge >= 0.3 is 18.2 Å².